The fourth-order valence-corrected chi connectivity index (χ4v) is 3.32. The van der Waals surface area contributed by atoms with Crippen LogP contribution in [0.4, 0.5) is 0 Å². The van der Waals surface area contributed by atoms with Crippen LogP contribution in [-0.4, -0.2) is 27.4 Å². The van der Waals surface area contributed by atoms with Gasteiger partial charge in [-0.15, -0.1) is 0 Å². The average Bonchev–Trinajstić information content (AvgIpc) is 2.88. The molecule has 0 bridgehead atoms. The Morgan fingerprint density at radius 2 is 1.77 bits per heavy atom. The zero-order valence-corrected chi connectivity index (χ0v) is 16.6. The van der Waals surface area contributed by atoms with Crippen LogP contribution in [0.3, 0.4) is 0 Å². The van der Waals surface area contributed by atoms with Gasteiger partial charge in [-0.1, -0.05) is 43.7 Å². The highest BCUT2D eigenvalue weighted by atomic mass is 16.4. The molecule has 1 aromatic heterocycles. The Bertz CT molecular complexity index is 743. The highest BCUT2D eigenvalue weighted by Crippen LogP contribution is 2.26. The summed E-state index contributed by atoms with van der Waals surface area (Å²) in [6, 6.07) is 8.50. The van der Waals surface area contributed by atoms with E-state index >= 15 is 0 Å². The van der Waals surface area contributed by atoms with E-state index < -0.39 is 11.4 Å². The highest BCUT2D eigenvalue weighted by molar-refractivity contribution is 5.74. The number of carboxylic acids is 1. The van der Waals surface area contributed by atoms with Gasteiger partial charge in [0.05, 0.1) is 17.7 Å². The summed E-state index contributed by atoms with van der Waals surface area (Å²) in [7, 11) is 0. The molecule has 0 aliphatic carbocycles. The van der Waals surface area contributed by atoms with Crippen molar-refractivity contribution in [1.82, 2.24) is 15.1 Å². The van der Waals surface area contributed by atoms with Crippen molar-refractivity contribution in [2.24, 2.45) is 5.41 Å². The van der Waals surface area contributed by atoms with Crippen molar-refractivity contribution in [2.45, 2.75) is 60.5 Å². The summed E-state index contributed by atoms with van der Waals surface area (Å²) < 4.78 is 2.03. The van der Waals surface area contributed by atoms with Crippen molar-refractivity contribution < 1.29 is 9.90 Å². The van der Waals surface area contributed by atoms with Crippen LogP contribution in [0.25, 0.3) is 0 Å². The molecule has 5 heteroatoms. The van der Waals surface area contributed by atoms with Crippen molar-refractivity contribution in [2.75, 3.05) is 6.54 Å². The van der Waals surface area contributed by atoms with E-state index in [4.69, 9.17) is 0 Å². The molecule has 5 nitrogen and oxygen atoms in total. The van der Waals surface area contributed by atoms with Crippen LogP contribution in [0, 0.1) is 26.2 Å². The number of aryl methyl sites for hydroxylation is 2. The molecule has 0 unspecified atom stereocenters. The minimum Gasteiger partial charge on any atom is -0.481 e. The highest BCUT2D eigenvalue weighted by Gasteiger charge is 2.34. The lowest BCUT2D eigenvalue weighted by molar-refractivity contribution is -0.149. The van der Waals surface area contributed by atoms with Crippen molar-refractivity contribution in [3.05, 3.63) is 52.3 Å². The fourth-order valence-electron chi connectivity index (χ4n) is 3.32. The minimum atomic E-state index is -0.724. The SMILES string of the molecule is CCC(CC)(CNCc1c(C)nn(Cc2ccc(C)cc2)c1C)C(=O)O. The number of carbonyl (C=O) groups is 1. The quantitative estimate of drug-likeness (QED) is 0.715. The van der Waals surface area contributed by atoms with E-state index in [9.17, 15) is 9.90 Å². The topological polar surface area (TPSA) is 67.2 Å². The molecule has 26 heavy (non-hydrogen) atoms. The molecular weight excluding hydrogens is 326 g/mol. The molecule has 0 aliphatic rings. The molecule has 1 aromatic carbocycles. The zero-order valence-electron chi connectivity index (χ0n) is 16.6. The van der Waals surface area contributed by atoms with Crippen LogP contribution in [0.5, 0.6) is 0 Å². The molecule has 0 fully saturated rings. The Labute approximate surface area is 156 Å². The number of benzene rings is 1. The molecule has 0 radical (unpaired) electrons. The predicted octanol–water partition coefficient (Wildman–Crippen LogP) is 3.84. The average molecular weight is 357 g/mol. The first-order chi connectivity index (χ1) is 12.3. The van der Waals surface area contributed by atoms with Gasteiger partial charge in [0, 0.05) is 24.3 Å². The van der Waals surface area contributed by atoms with Crippen LogP contribution in [0.15, 0.2) is 24.3 Å². The Kier molecular flexibility index (Phi) is 6.59. The van der Waals surface area contributed by atoms with Crippen molar-refractivity contribution >= 4 is 5.97 Å². The number of rotatable bonds is 9. The van der Waals surface area contributed by atoms with Gasteiger partial charge in [0.1, 0.15) is 0 Å². The van der Waals surface area contributed by atoms with Gasteiger partial charge >= 0.3 is 5.97 Å². The lowest BCUT2D eigenvalue weighted by Gasteiger charge is -2.27. The maximum atomic E-state index is 11.6. The molecule has 0 spiro atoms. The van der Waals surface area contributed by atoms with Crippen LogP contribution >= 0.6 is 0 Å². The van der Waals surface area contributed by atoms with Crippen LogP contribution in [-0.2, 0) is 17.9 Å². The first-order valence-corrected chi connectivity index (χ1v) is 9.35. The van der Waals surface area contributed by atoms with Gasteiger partial charge in [0.15, 0.2) is 0 Å². The number of nitrogens with one attached hydrogen (secondary N) is 1. The molecule has 0 aliphatic heterocycles. The fraction of sp³-hybridized carbons (Fsp3) is 0.524. The van der Waals surface area contributed by atoms with Gasteiger partial charge in [0.25, 0.3) is 0 Å². The Morgan fingerprint density at radius 1 is 1.15 bits per heavy atom. The van der Waals surface area contributed by atoms with E-state index in [1.54, 1.807) is 0 Å². The van der Waals surface area contributed by atoms with Gasteiger partial charge in [-0.2, -0.15) is 5.10 Å². The van der Waals surface area contributed by atoms with Crippen LogP contribution < -0.4 is 5.32 Å². The Morgan fingerprint density at radius 3 is 2.31 bits per heavy atom. The van der Waals surface area contributed by atoms with Crippen molar-refractivity contribution in [3.8, 4) is 0 Å². The second-order valence-electron chi connectivity index (χ2n) is 7.19. The smallest absolute Gasteiger partial charge is 0.310 e. The summed E-state index contributed by atoms with van der Waals surface area (Å²) in [5.74, 6) is -0.724. The molecule has 0 saturated carbocycles. The normalized spacial score (nSPS) is 11.7. The summed E-state index contributed by atoms with van der Waals surface area (Å²) in [6.07, 6.45) is 1.24. The number of carboxylic acid groups (broad SMARTS) is 1. The van der Waals surface area contributed by atoms with Gasteiger partial charge in [-0.25, -0.2) is 0 Å². The standard InChI is InChI=1S/C21H31N3O2/c1-6-21(7-2,20(25)26)14-22-12-19-16(4)23-24(17(19)5)13-18-10-8-15(3)9-11-18/h8-11,22H,6-7,12-14H2,1-5H3,(H,25,26). The van der Waals surface area contributed by atoms with E-state index in [2.05, 4.69) is 48.5 Å². The third-order valence-corrected chi connectivity index (χ3v) is 5.56. The molecule has 142 valence electrons. The van der Waals surface area contributed by atoms with Crippen LogP contribution in [0.2, 0.25) is 0 Å². The van der Waals surface area contributed by atoms with Crippen molar-refractivity contribution in [1.29, 1.82) is 0 Å². The Balaban J connectivity index is 2.08. The van der Waals surface area contributed by atoms with E-state index in [1.807, 2.05) is 25.5 Å². The predicted molar refractivity (Wildman–Crippen MR) is 104 cm³/mol. The molecule has 2 rings (SSSR count). The second kappa shape index (κ2) is 8.49. The summed E-state index contributed by atoms with van der Waals surface area (Å²) in [5.41, 5.74) is 5.06. The zero-order chi connectivity index (χ0) is 19.3. The molecule has 2 N–H and O–H groups in total. The number of aliphatic carboxylic acids is 1. The number of aromatic nitrogens is 2. The molecule has 0 amide bonds. The van der Waals surface area contributed by atoms with Gasteiger partial charge < -0.3 is 10.4 Å². The van der Waals surface area contributed by atoms with E-state index in [0.29, 0.717) is 25.9 Å². The van der Waals surface area contributed by atoms with E-state index in [1.165, 1.54) is 11.1 Å². The van der Waals surface area contributed by atoms with Crippen LogP contribution in [0.1, 0.15) is 54.8 Å². The summed E-state index contributed by atoms with van der Waals surface area (Å²) in [6.45, 7) is 11.9. The number of hydrogen-bond donors (Lipinski definition) is 2. The maximum absolute atomic E-state index is 11.6. The summed E-state index contributed by atoms with van der Waals surface area (Å²) >= 11 is 0. The monoisotopic (exact) mass is 357 g/mol. The summed E-state index contributed by atoms with van der Waals surface area (Å²) in [5, 5.41) is 17.6. The van der Waals surface area contributed by atoms with E-state index in [-0.39, 0.29) is 0 Å². The minimum absolute atomic E-state index is 0.470. The molecular formula is C21H31N3O2. The third kappa shape index (κ3) is 4.33. The van der Waals surface area contributed by atoms with Crippen molar-refractivity contribution in [3.63, 3.8) is 0 Å². The molecule has 1 heterocycles. The molecule has 0 saturated heterocycles. The Hall–Kier alpha value is -2.14. The largest absolute Gasteiger partial charge is 0.481 e. The number of nitrogens with zero attached hydrogens (tertiary/aromatic N) is 2. The second-order valence-corrected chi connectivity index (χ2v) is 7.19. The molecule has 0 atom stereocenters. The first kappa shape index (κ1) is 20.2. The lowest BCUT2D eigenvalue weighted by atomic mass is 9.82. The first-order valence-electron chi connectivity index (χ1n) is 9.35. The molecule has 2 aromatic rings. The van der Waals surface area contributed by atoms with Gasteiger partial charge in [-0.3, -0.25) is 9.48 Å². The van der Waals surface area contributed by atoms with Gasteiger partial charge in [-0.05, 0) is 39.2 Å². The number of hydrogen-bond acceptors (Lipinski definition) is 3. The van der Waals surface area contributed by atoms with Gasteiger partial charge in [0.2, 0.25) is 0 Å². The third-order valence-electron chi connectivity index (χ3n) is 5.56. The maximum Gasteiger partial charge on any atom is 0.310 e. The summed E-state index contributed by atoms with van der Waals surface area (Å²) in [4.78, 5) is 11.6. The van der Waals surface area contributed by atoms with E-state index in [0.717, 1.165) is 23.5 Å². The lowest BCUT2D eigenvalue weighted by Crippen LogP contribution is -2.40.